The predicted molar refractivity (Wildman–Crippen MR) is 87.7 cm³/mol. The topological polar surface area (TPSA) is 49.5 Å². The molecule has 0 fully saturated rings. The Morgan fingerprint density at radius 3 is 2.11 bits per heavy atom. The highest BCUT2D eigenvalue weighted by Gasteiger charge is 2.04. The Balaban J connectivity index is 0. The molecule has 0 amide bonds. The third kappa shape index (κ3) is 7.51. The first-order valence-corrected chi connectivity index (χ1v) is 6.47. The van der Waals surface area contributed by atoms with Gasteiger partial charge < -0.3 is 15.7 Å². The van der Waals surface area contributed by atoms with E-state index in [0.29, 0.717) is 5.69 Å². The van der Waals surface area contributed by atoms with Gasteiger partial charge >= 0.3 is 0 Å². The summed E-state index contributed by atoms with van der Waals surface area (Å²) in [6, 6.07) is 5.49. The average Bonchev–Trinajstić information content (AvgIpc) is 2.31. The van der Waals surface area contributed by atoms with Crippen LogP contribution < -0.4 is 5.73 Å². The molecular formula is C14H26Cl2N2O. The lowest BCUT2D eigenvalue weighted by Gasteiger charge is -2.20. The zero-order valence-corrected chi connectivity index (χ0v) is 13.4. The van der Waals surface area contributed by atoms with Crippen molar-refractivity contribution in [3.63, 3.8) is 0 Å². The molecule has 0 unspecified atom stereocenters. The molecule has 19 heavy (non-hydrogen) atoms. The molecule has 0 aliphatic heterocycles. The minimum atomic E-state index is 0. The molecule has 0 aliphatic carbocycles. The Labute approximate surface area is 129 Å². The van der Waals surface area contributed by atoms with E-state index >= 15 is 0 Å². The van der Waals surface area contributed by atoms with Gasteiger partial charge in [-0.2, -0.15) is 0 Å². The first kappa shape index (κ1) is 20.7. The van der Waals surface area contributed by atoms with Gasteiger partial charge in [-0.15, -0.1) is 24.8 Å². The number of rotatable bonds is 7. The summed E-state index contributed by atoms with van der Waals surface area (Å²) < 4.78 is 0. The number of phenolic OH excluding ortho intramolecular Hbond substituents is 1. The van der Waals surface area contributed by atoms with Crippen molar-refractivity contribution in [1.82, 2.24) is 4.90 Å². The van der Waals surface area contributed by atoms with E-state index in [-0.39, 0.29) is 30.6 Å². The first-order valence-electron chi connectivity index (χ1n) is 6.47. The molecule has 0 radical (unpaired) electrons. The third-order valence-electron chi connectivity index (χ3n) is 2.89. The number of halogens is 2. The Morgan fingerprint density at radius 2 is 1.63 bits per heavy atom. The van der Waals surface area contributed by atoms with Gasteiger partial charge in [0, 0.05) is 6.54 Å². The van der Waals surface area contributed by atoms with Gasteiger partial charge in [0.15, 0.2) is 0 Å². The van der Waals surface area contributed by atoms with Crippen molar-refractivity contribution in [3.8, 4) is 5.75 Å². The fraction of sp³-hybridized carbons (Fsp3) is 0.571. The maximum absolute atomic E-state index is 9.35. The summed E-state index contributed by atoms with van der Waals surface area (Å²) in [5, 5.41) is 9.35. The lowest BCUT2D eigenvalue weighted by molar-refractivity contribution is 0.278. The second kappa shape index (κ2) is 11.2. The van der Waals surface area contributed by atoms with Crippen molar-refractivity contribution in [2.75, 3.05) is 25.4 Å². The van der Waals surface area contributed by atoms with Gasteiger partial charge in [0.1, 0.15) is 5.75 Å². The van der Waals surface area contributed by atoms with Gasteiger partial charge in [-0.05, 0) is 50.0 Å². The third-order valence-corrected chi connectivity index (χ3v) is 2.89. The largest absolute Gasteiger partial charge is 0.506 e. The van der Waals surface area contributed by atoms with Crippen molar-refractivity contribution in [2.45, 2.75) is 33.1 Å². The summed E-state index contributed by atoms with van der Waals surface area (Å²) in [5.41, 5.74) is 7.35. The molecule has 3 N–H and O–H groups in total. The molecule has 0 aromatic heterocycles. The molecule has 1 rings (SSSR count). The van der Waals surface area contributed by atoms with Crippen LogP contribution in [0.3, 0.4) is 0 Å². The molecule has 0 bridgehead atoms. The Kier molecular flexibility index (Phi) is 12.2. The monoisotopic (exact) mass is 308 g/mol. The fourth-order valence-electron chi connectivity index (χ4n) is 2.01. The molecule has 112 valence electrons. The lowest BCUT2D eigenvalue weighted by Crippen LogP contribution is -2.27. The molecule has 0 heterocycles. The Hall–Kier alpha value is -0.640. The van der Waals surface area contributed by atoms with Gasteiger partial charge in [-0.3, -0.25) is 0 Å². The van der Waals surface area contributed by atoms with E-state index in [9.17, 15) is 5.11 Å². The summed E-state index contributed by atoms with van der Waals surface area (Å²) in [6.07, 6.45) is 3.37. The molecule has 5 heteroatoms. The van der Waals surface area contributed by atoms with Crippen LogP contribution in [-0.2, 0) is 6.42 Å². The Morgan fingerprint density at radius 1 is 1.05 bits per heavy atom. The smallest absolute Gasteiger partial charge is 0.138 e. The fourth-order valence-corrected chi connectivity index (χ4v) is 2.01. The molecule has 1 aromatic carbocycles. The predicted octanol–water partition coefficient (Wildman–Crippen LogP) is 3.48. The van der Waals surface area contributed by atoms with Crippen LogP contribution in [0.1, 0.15) is 32.3 Å². The average molecular weight is 309 g/mol. The molecule has 0 spiro atoms. The highest BCUT2D eigenvalue weighted by molar-refractivity contribution is 5.85. The van der Waals surface area contributed by atoms with Gasteiger partial charge in [0.2, 0.25) is 0 Å². The van der Waals surface area contributed by atoms with Crippen molar-refractivity contribution < 1.29 is 5.11 Å². The van der Waals surface area contributed by atoms with Crippen molar-refractivity contribution in [2.24, 2.45) is 0 Å². The van der Waals surface area contributed by atoms with E-state index in [4.69, 9.17) is 5.73 Å². The number of benzene rings is 1. The standard InChI is InChI=1S/C14H24N2O.2ClH/c1-3-8-16(9-4-2)10-7-12-5-6-14(17)13(15)11-12;;/h5-6,11,17H,3-4,7-10,15H2,1-2H3;2*1H. The zero-order chi connectivity index (χ0) is 12.7. The van der Waals surface area contributed by atoms with Crippen LogP contribution in [0.2, 0.25) is 0 Å². The number of aromatic hydroxyl groups is 1. The molecule has 0 saturated carbocycles. The van der Waals surface area contributed by atoms with Crippen LogP contribution in [0.25, 0.3) is 0 Å². The SMILES string of the molecule is CCCN(CCC)CCc1ccc(O)c(N)c1.Cl.Cl. The quantitative estimate of drug-likeness (QED) is 0.599. The summed E-state index contributed by atoms with van der Waals surface area (Å²) in [5.74, 6) is 0.174. The molecule has 3 nitrogen and oxygen atoms in total. The van der Waals surface area contributed by atoms with Gasteiger partial charge in [-0.1, -0.05) is 19.9 Å². The molecule has 0 atom stereocenters. The van der Waals surface area contributed by atoms with E-state index < -0.39 is 0 Å². The zero-order valence-electron chi connectivity index (χ0n) is 11.8. The lowest BCUT2D eigenvalue weighted by atomic mass is 10.1. The summed E-state index contributed by atoms with van der Waals surface area (Å²) in [7, 11) is 0. The normalized spacial score (nSPS) is 9.84. The maximum atomic E-state index is 9.35. The van der Waals surface area contributed by atoms with Crippen LogP contribution in [0.4, 0.5) is 5.69 Å². The minimum absolute atomic E-state index is 0. The molecule has 1 aromatic rings. The summed E-state index contributed by atoms with van der Waals surface area (Å²) in [4.78, 5) is 2.48. The number of nitrogens with zero attached hydrogens (tertiary/aromatic N) is 1. The van der Waals surface area contributed by atoms with Crippen LogP contribution in [0, 0.1) is 0 Å². The maximum Gasteiger partial charge on any atom is 0.138 e. The van der Waals surface area contributed by atoms with Crippen LogP contribution in [-0.4, -0.2) is 29.6 Å². The van der Waals surface area contributed by atoms with Crippen LogP contribution in [0.5, 0.6) is 5.75 Å². The van der Waals surface area contributed by atoms with Gasteiger partial charge in [0.05, 0.1) is 5.69 Å². The first-order chi connectivity index (χ1) is 8.17. The van der Waals surface area contributed by atoms with Crippen molar-refractivity contribution in [1.29, 1.82) is 0 Å². The molecule has 0 saturated heterocycles. The number of hydrogen-bond acceptors (Lipinski definition) is 3. The van der Waals surface area contributed by atoms with Gasteiger partial charge in [0.25, 0.3) is 0 Å². The second-order valence-corrected chi connectivity index (χ2v) is 4.48. The van der Waals surface area contributed by atoms with Gasteiger partial charge in [-0.25, -0.2) is 0 Å². The number of hydrogen-bond donors (Lipinski definition) is 2. The highest BCUT2D eigenvalue weighted by atomic mass is 35.5. The number of anilines is 1. The highest BCUT2D eigenvalue weighted by Crippen LogP contribution is 2.20. The van der Waals surface area contributed by atoms with E-state index in [1.165, 1.54) is 18.4 Å². The number of nitrogen functional groups attached to an aromatic ring is 1. The molecule has 0 aliphatic rings. The van der Waals surface area contributed by atoms with E-state index in [0.717, 1.165) is 26.1 Å². The van der Waals surface area contributed by atoms with E-state index in [1.54, 1.807) is 6.07 Å². The molecular weight excluding hydrogens is 283 g/mol. The number of phenols is 1. The van der Waals surface area contributed by atoms with Crippen LogP contribution >= 0.6 is 24.8 Å². The van der Waals surface area contributed by atoms with Crippen molar-refractivity contribution in [3.05, 3.63) is 23.8 Å². The summed E-state index contributed by atoms with van der Waals surface area (Å²) in [6.45, 7) is 7.79. The number of nitrogens with two attached hydrogens (primary N) is 1. The van der Waals surface area contributed by atoms with Crippen LogP contribution in [0.15, 0.2) is 18.2 Å². The summed E-state index contributed by atoms with van der Waals surface area (Å²) >= 11 is 0. The van der Waals surface area contributed by atoms with E-state index in [2.05, 4.69) is 18.7 Å². The second-order valence-electron chi connectivity index (χ2n) is 4.48. The minimum Gasteiger partial charge on any atom is -0.506 e. The Bertz CT molecular complexity index is 342. The van der Waals surface area contributed by atoms with Crippen molar-refractivity contribution >= 4 is 30.5 Å². The van der Waals surface area contributed by atoms with E-state index in [1.807, 2.05) is 12.1 Å².